The molecular weight excluding hydrogens is 829 g/mol. The molecule has 0 aromatic rings. The predicted molar refractivity (Wildman–Crippen MR) is 288 cm³/mol. The van der Waals surface area contributed by atoms with Crippen LogP contribution in [0.5, 0.6) is 0 Å². The number of esters is 3. The van der Waals surface area contributed by atoms with Gasteiger partial charge in [-0.3, -0.25) is 14.4 Å². The number of ether oxygens (including phenoxy) is 3. The van der Waals surface area contributed by atoms with Gasteiger partial charge in [0.05, 0.1) is 0 Å². The Hall–Kier alpha value is -4.19. The standard InChI is InChI=1S/C61H98O6/c1-4-7-10-13-16-18-20-22-24-26-28-29-30-31-33-34-36-38-40-42-45-48-51-54-60(63)66-57-58(56-65-59(62)53-50-47-44-15-12-9-6-3)67-61(64)55-52-49-46-43-41-39-37-35-32-27-25-23-21-19-17-14-11-8-5-2/h7-8,10-11,16-19,22-25,28-29,32,35,39,41,46,49,58H,4-6,9,12-15,20-21,26-27,30-31,33-34,36-38,40,42-45,47-48,50-57H2,1-3H3/b10-7-,11-8-,18-16-,19-17-,24-22-,25-23-,29-28-,35-32-,41-39-,49-46-. The van der Waals surface area contributed by atoms with Crippen molar-refractivity contribution < 1.29 is 28.6 Å². The maximum atomic E-state index is 12.8. The second-order valence-electron chi connectivity index (χ2n) is 17.4. The largest absolute Gasteiger partial charge is 0.462 e. The van der Waals surface area contributed by atoms with Crippen molar-refractivity contribution in [2.24, 2.45) is 0 Å². The van der Waals surface area contributed by atoms with Crippen LogP contribution >= 0.6 is 0 Å². The summed E-state index contributed by atoms with van der Waals surface area (Å²) in [5, 5.41) is 0. The van der Waals surface area contributed by atoms with E-state index in [9.17, 15) is 14.4 Å². The summed E-state index contributed by atoms with van der Waals surface area (Å²) in [5.41, 5.74) is 0. The number of carbonyl (C=O) groups excluding carboxylic acids is 3. The Balaban J connectivity index is 4.34. The van der Waals surface area contributed by atoms with Crippen LogP contribution in [-0.4, -0.2) is 37.2 Å². The predicted octanol–water partition coefficient (Wildman–Crippen LogP) is 18.1. The lowest BCUT2D eigenvalue weighted by atomic mass is 10.1. The van der Waals surface area contributed by atoms with Gasteiger partial charge in [-0.2, -0.15) is 0 Å². The van der Waals surface area contributed by atoms with Crippen LogP contribution in [0.4, 0.5) is 0 Å². The van der Waals surface area contributed by atoms with Crippen LogP contribution in [0.1, 0.15) is 226 Å². The molecule has 0 spiro atoms. The first kappa shape index (κ1) is 62.8. The molecule has 0 aromatic heterocycles. The second-order valence-corrected chi connectivity index (χ2v) is 17.4. The minimum absolute atomic E-state index is 0.112. The molecule has 0 saturated heterocycles. The Bertz CT molecular complexity index is 1440. The number of carbonyl (C=O) groups is 3. The maximum absolute atomic E-state index is 12.8. The molecule has 0 amide bonds. The third kappa shape index (κ3) is 52.6. The molecule has 0 bridgehead atoms. The van der Waals surface area contributed by atoms with Crippen LogP contribution < -0.4 is 0 Å². The minimum Gasteiger partial charge on any atom is -0.462 e. The molecule has 0 fully saturated rings. The van der Waals surface area contributed by atoms with Crippen molar-refractivity contribution >= 4 is 17.9 Å². The molecule has 0 N–H and O–H groups in total. The van der Waals surface area contributed by atoms with E-state index in [0.29, 0.717) is 19.3 Å². The summed E-state index contributed by atoms with van der Waals surface area (Å²) < 4.78 is 16.7. The van der Waals surface area contributed by atoms with Gasteiger partial charge in [0.15, 0.2) is 6.10 Å². The zero-order valence-corrected chi connectivity index (χ0v) is 43.1. The topological polar surface area (TPSA) is 78.9 Å². The summed E-state index contributed by atoms with van der Waals surface area (Å²) in [6.45, 7) is 6.29. The average molecular weight is 927 g/mol. The molecule has 6 nitrogen and oxygen atoms in total. The van der Waals surface area contributed by atoms with Crippen LogP contribution in [-0.2, 0) is 28.6 Å². The van der Waals surface area contributed by atoms with Crippen molar-refractivity contribution in [3.8, 4) is 0 Å². The van der Waals surface area contributed by atoms with Crippen molar-refractivity contribution in [1.82, 2.24) is 0 Å². The Morgan fingerprint density at radius 1 is 0.313 bits per heavy atom. The molecule has 0 rings (SSSR count). The van der Waals surface area contributed by atoms with E-state index >= 15 is 0 Å². The summed E-state index contributed by atoms with van der Waals surface area (Å²) in [6.07, 6.45) is 75.0. The Morgan fingerprint density at radius 3 is 0.970 bits per heavy atom. The van der Waals surface area contributed by atoms with E-state index in [1.165, 1.54) is 77.0 Å². The van der Waals surface area contributed by atoms with Gasteiger partial charge in [0.2, 0.25) is 0 Å². The molecule has 378 valence electrons. The van der Waals surface area contributed by atoms with E-state index in [1.54, 1.807) is 0 Å². The van der Waals surface area contributed by atoms with Crippen LogP contribution in [0, 0.1) is 0 Å². The zero-order valence-electron chi connectivity index (χ0n) is 43.1. The summed E-state index contributed by atoms with van der Waals surface area (Å²) in [6, 6.07) is 0. The third-order valence-corrected chi connectivity index (χ3v) is 11.0. The van der Waals surface area contributed by atoms with Gasteiger partial charge in [-0.1, -0.05) is 232 Å². The van der Waals surface area contributed by atoms with E-state index in [-0.39, 0.29) is 31.6 Å². The van der Waals surface area contributed by atoms with Crippen molar-refractivity contribution in [2.75, 3.05) is 13.2 Å². The van der Waals surface area contributed by atoms with Crippen molar-refractivity contribution in [3.63, 3.8) is 0 Å². The maximum Gasteiger partial charge on any atom is 0.306 e. The highest BCUT2D eigenvalue weighted by Crippen LogP contribution is 2.14. The summed E-state index contributed by atoms with van der Waals surface area (Å²) in [4.78, 5) is 37.8. The van der Waals surface area contributed by atoms with Crippen LogP contribution in [0.2, 0.25) is 0 Å². The fourth-order valence-electron chi connectivity index (χ4n) is 6.99. The zero-order chi connectivity index (χ0) is 48.6. The lowest BCUT2D eigenvalue weighted by Crippen LogP contribution is -2.30. The molecule has 1 unspecified atom stereocenters. The van der Waals surface area contributed by atoms with Gasteiger partial charge in [-0.05, 0) is 96.3 Å². The lowest BCUT2D eigenvalue weighted by molar-refractivity contribution is -0.166. The fourth-order valence-corrected chi connectivity index (χ4v) is 6.99. The minimum atomic E-state index is -0.820. The normalized spacial score (nSPS) is 13.1. The molecule has 0 radical (unpaired) electrons. The lowest BCUT2D eigenvalue weighted by Gasteiger charge is -2.18. The van der Waals surface area contributed by atoms with Crippen molar-refractivity contribution in [2.45, 2.75) is 232 Å². The first-order valence-electron chi connectivity index (χ1n) is 27.0. The highest BCUT2D eigenvalue weighted by Gasteiger charge is 2.19. The molecule has 0 aliphatic rings. The fraction of sp³-hybridized carbons (Fsp3) is 0.623. The molecule has 0 aromatic carbocycles. The highest BCUT2D eigenvalue weighted by molar-refractivity contribution is 5.71. The molecule has 67 heavy (non-hydrogen) atoms. The summed E-state index contributed by atoms with van der Waals surface area (Å²) in [7, 11) is 0. The molecule has 0 aliphatic carbocycles. The van der Waals surface area contributed by atoms with Crippen LogP contribution in [0.3, 0.4) is 0 Å². The van der Waals surface area contributed by atoms with Gasteiger partial charge in [-0.15, -0.1) is 0 Å². The van der Waals surface area contributed by atoms with Gasteiger partial charge in [0.1, 0.15) is 13.2 Å². The summed E-state index contributed by atoms with van der Waals surface area (Å²) in [5.74, 6) is -1.01. The molecule has 0 saturated carbocycles. The van der Waals surface area contributed by atoms with Gasteiger partial charge in [-0.25, -0.2) is 0 Å². The van der Waals surface area contributed by atoms with E-state index in [1.807, 2.05) is 12.2 Å². The third-order valence-electron chi connectivity index (χ3n) is 11.0. The first-order valence-corrected chi connectivity index (χ1v) is 27.0. The molecule has 6 heteroatoms. The Labute approximate surface area is 412 Å². The van der Waals surface area contributed by atoms with Crippen molar-refractivity contribution in [3.05, 3.63) is 122 Å². The molecule has 1 atom stereocenters. The quantitative estimate of drug-likeness (QED) is 0.0262. The highest BCUT2D eigenvalue weighted by atomic mass is 16.6. The van der Waals surface area contributed by atoms with E-state index in [2.05, 4.69) is 130 Å². The van der Waals surface area contributed by atoms with Crippen LogP contribution in [0.15, 0.2) is 122 Å². The summed E-state index contributed by atoms with van der Waals surface area (Å²) >= 11 is 0. The van der Waals surface area contributed by atoms with E-state index < -0.39 is 12.1 Å². The number of hydrogen-bond acceptors (Lipinski definition) is 6. The average Bonchev–Trinajstić information content (AvgIpc) is 3.33. The second kappa shape index (κ2) is 54.4. The number of rotatable bonds is 47. The monoisotopic (exact) mass is 927 g/mol. The van der Waals surface area contributed by atoms with Gasteiger partial charge < -0.3 is 14.2 Å². The number of unbranched alkanes of at least 4 members (excludes halogenated alkanes) is 16. The van der Waals surface area contributed by atoms with E-state index in [4.69, 9.17) is 14.2 Å². The number of allylic oxidation sites excluding steroid dienone is 20. The van der Waals surface area contributed by atoms with Gasteiger partial charge >= 0.3 is 17.9 Å². The SMILES string of the molecule is CC/C=C\C/C=C\C/C=C\C/C=C\C/C=C\C/C=C\CCC(=O)OC(COC(=O)CCCCCCCCC)COC(=O)CCCCCCCCCCCC/C=C\C/C=C\C/C=C\C/C=C\CC. The molecule has 0 aliphatic heterocycles. The Morgan fingerprint density at radius 2 is 0.612 bits per heavy atom. The van der Waals surface area contributed by atoms with Crippen LogP contribution in [0.25, 0.3) is 0 Å². The first-order chi connectivity index (χ1) is 33.0. The van der Waals surface area contributed by atoms with Gasteiger partial charge in [0.25, 0.3) is 0 Å². The number of hydrogen-bond donors (Lipinski definition) is 0. The van der Waals surface area contributed by atoms with E-state index in [0.717, 1.165) is 103 Å². The molecule has 0 heterocycles. The molecular formula is C61H98O6. The smallest absolute Gasteiger partial charge is 0.306 e. The van der Waals surface area contributed by atoms with Gasteiger partial charge in [0, 0.05) is 19.3 Å². The van der Waals surface area contributed by atoms with Crippen molar-refractivity contribution in [1.29, 1.82) is 0 Å². The Kier molecular flexibility index (Phi) is 51.0.